The van der Waals surface area contributed by atoms with Crippen molar-refractivity contribution in [3.05, 3.63) is 17.0 Å². The summed E-state index contributed by atoms with van der Waals surface area (Å²) < 4.78 is 30.7. The lowest BCUT2D eigenvalue weighted by Gasteiger charge is -2.23. The van der Waals surface area contributed by atoms with Gasteiger partial charge in [-0.1, -0.05) is 0 Å². The summed E-state index contributed by atoms with van der Waals surface area (Å²) in [5.41, 5.74) is 3.18. The molecule has 3 rings (SSSR count). The summed E-state index contributed by atoms with van der Waals surface area (Å²) in [5, 5.41) is 5.18. The lowest BCUT2D eigenvalue weighted by Crippen LogP contribution is -2.36. The highest BCUT2D eigenvalue weighted by atomic mass is 32.2. The van der Waals surface area contributed by atoms with Crippen LogP contribution in [0, 0.1) is 13.8 Å². The first-order valence-corrected chi connectivity index (χ1v) is 10.3. The number of aromatic nitrogens is 2. The van der Waals surface area contributed by atoms with Crippen molar-refractivity contribution in [3.63, 3.8) is 0 Å². The number of rotatable bonds is 5. The SMILES string of the molecule is Cc1nn(C2CCS(=O)(=O)C2)c(C)c1CN(C)CN1CCOC1=S. The fourth-order valence-electron chi connectivity index (χ4n) is 3.42. The molecule has 1 aromatic rings. The molecular weight excluding hydrogens is 348 g/mol. The average molecular weight is 373 g/mol. The first-order valence-electron chi connectivity index (χ1n) is 8.12. The van der Waals surface area contributed by atoms with Crippen molar-refractivity contribution in [2.75, 3.05) is 38.4 Å². The summed E-state index contributed by atoms with van der Waals surface area (Å²) in [7, 11) is -0.876. The Hall–Kier alpha value is -1.19. The predicted molar refractivity (Wildman–Crippen MR) is 95.6 cm³/mol. The summed E-state index contributed by atoms with van der Waals surface area (Å²) in [4.78, 5) is 4.21. The van der Waals surface area contributed by atoms with Gasteiger partial charge in [0.05, 0.1) is 36.5 Å². The second-order valence-electron chi connectivity index (χ2n) is 6.68. The zero-order valence-corrected chi connectivity index (χ0v) is 16.0. The summed E-state index contributed by atoms with van der Waals surface area (Å²) in [6.45, 7) is 6.94. The van der Waals surface area contributed by atoms with Crippen LogP contribution in [0.4, 0.5) is 0 Å². The molecule has 2 fully saturated rings. The van der Waals surface area contributed by atoms with Crippen LogP contribution >= 0.6 is 12.2 Å². The van der Waals surface area contributed by atoms with E-state index < -0.39 is 9.84 Å². The molecule has 0 radical (unpaired) electrons. The van der Waals surface area contributed by atoms with Crippen LogP contribution in [0.3, 0.4) is 0 Å². The smallest absolute Gasteiger partial charge is 0.260 e. The standard InChI is InChI=1S/C15H24N4O3S2/c1-11-14(8-17(3)10-18-5-6-22-15(18)23)12(2)19(16-11)13-4-7-24(20,21)9-13/h13H,4-10H2,1-3H3. The van der Waals surface area contributed by atoms with Crippen molar-refractivity contribution in [2.24, 2.45) is 0 Å². The fraction of sp³-hybridized carbons (Fsp3) is 0.733. The van der Waals surface area contributed by atoms with Crippen LogP contribution in [0.15, 0.2) is 0 Å². The minimum absolute atomic E-state index is 0.0349. The molecule has 0 bridgehead atoms. The Labute approximate surface area is 148 Å². The maximum Gasteiger partial charge on any atom is 0.260 e. The van der Waals surface area contributed by atoms with Gasteiger partial charge in [0.15, 0.2) is 9.84 Å². The number of sulfone groups is 1. The Morgan fingerprint density at radius 2 is 2.17 bits per heavy atom. The van der Waals surface area contributed by atoms with Gasteiger partial charge in [-0.15, -0.1) is 0 Å². The van der Waals surface area contributed by atoms with E-state index in [1.165, 1.54) is 0 Å². The molecule has 7 nitrogen and oxygen atoms in total. The number of ether oxygens (including phenoxy) is 1. The normalized spacial score (nSPS) is 23.2. The van der Waals surface area contributed by atoms with Crippen molar-refractivity contribution < 1.29 is 13.2 Å². The van der Waals surface area contributed by atoms with E-state index in [4.69, 9.17) is 17.0 Å². The lowest BCUT2D eigenvalue weighted by atomic mass is 10.2. The van der Waals surface area contributed by atoms with Crippen molar-refractivity contribution in [3.8, 4) is 0 Å². The largest absolute Gasteiger partial charge is 0.469 e. The number of hydrogen-bond donors (Lipinski definition) is 0. The Balaban J connectivity index is 1.71. The molecule has 0 spiro atoms. The lowest BCUT2D eigenvalue weighted by molar-refractivity contribution is 0.227. The molecule has 1 atom stereocenters. The van der Waals surface area contributed by atoms with Gasteiger partial charge in [0.2, 0.25) is 0 Å². The average Bonchev–Trinajstić information content (AvgIpc) is 3.14. The van der Waals surface area contributed by atoms with Crippen LogP contribution in [0.2, 0.25) is 0 Å². The Kier molecular flexibility index (Phi) is 4.85. The van der Waals surface area contributed by atoms with Gasteiger partial charge in [-0.05, 0) is 39.5 Å². The summed E-state index contributed by atoms with van der Waals surface area (Å²) in [6, 6.07) is -0.0349. The van der Waals surface area contributed by atoms with Crippen molar-refractivity contribution in [1.29, 1.82) is 0 Å². The maximum atomic E-state index is 11.7. The minimum Gasteiger partial charge on any atom is -0.469 e. The molecule has 2 saturated heterocycles. The first kappa shape index (κ1) is 17.6. The topological polar surface area (TPSA) is 67.7 Å². The van der Waals surface area contributed by atoms with Gasteiger partial charge in [-0.25, -0.2) is 8.42 Å². The highest BCUT2D eigenvalue weighted by Gasteiger charge is 2.31. The molecule has 0 amide bonds. The molecule has 134 valence electrons. The Morgan fingerprint density at radius 3 is 2.75 bits per heavy atom. The van der Waals surface area contributed by atoms with E-state index in [9.17, 15) is 8.42 Å². The second-order valence-corrected chi connectivity index (χ2v) is 9.26. The van der Waals surface area contributed by atoms with Gasteiger partial charge >= 0.3 is 0 Å². The van der Waals surface area contributed by atoms with Crippen LogP contribution in [-0.4, -0.2) is 71.5 Å². The summed E-state index contributed by atoms with van der Waals surface area (Å²) in [6.07, 6.45) is 0.652. The zero-order chi connectivity index (χ0) is 17.5. The van der Waals surface area contributed by atoms with Crippen molar-refractivity contribution in [1.82, 2.24) is 19.6 Å². The zero-order valence-electron chi connectivity index (χ0n) is 14.4. The fourth-order valence-corrected chi connectivity index (χ4v) is 5.34. The minimum atomic E-state index is -2.92. The molecule has 1 aromatic heterocycles. The van der Waals surface area contributed by atoms with E-state index in [0.29, 0.717) is 24.9 Å². The molecular formula is C15H24N4O3S2. The molecule has 2 aliphatic rings. The summed E-state index contributed by atoms with van der Waals surface area (Å²) in [5.74, 6) is 0.460. The number of nitrogens with zero attached hydrogens (tertiary/aromatic N) is 4. The van der Waals surface area contributed by atoms with E-state index in [2.05, 4.69) is 10.00 Å². The van der Waals surface area contributed by atoms with Gasteiger partial charge in [0, 0.05) is 17.8 Å². The number of aryl methyl sites for hydroxylation is 1. The number of thiocarbonyl (C=S) groups is 1. The predicted octanol–water partition coefficient (Wildman–Crippen LogP) is 0.866. The molecule has 0 saturated carbocycles. The van der Waals surface area contributed by atoms with Crippen LogP contribution in [-0.2, 0) is 21.1 Å². The van der Waals surface area contributed by atoms with E-state index in [0.717, 1.165) is 30.0 Å². The number of hydrogen-bond acceptors (Lipinski definition) is 6. The molecule has 0 N–H and O–H groups in total. The second kappa shape index (κ2) is 6.61. The Bertz CT molecular complexity index is 744. The first-order chi connectivity index (χ1) is 11.3. The third-order valence-electron chi connectivity index (χ3n) is 4.71. The highest BCUT2D eigenvalue weighted by Crippen LogP contribution is 2.27. The molecule has 3 heterocycles. The van der Waals surface area contributed by atoms with Gasteiger partial charge in [-0.3, -0.25) is 9.58 Å². The molecule has 2 aliphatic heterocycles. The van der Waals surface area contributed by atoms with Crippen LogP contribution in [0.25, 0.3) is 0 Å². The molecule has 0 aliphatic carbocycles. The summed E-state index contributed by atoms with van der Waals surface area (Å²) >= 11 is 5.18. The van der Waals surface area contributed by atoms with E-state index >= 15 is 0 Å². The van der Waals surface area contributed by atoms with Gasteiger partial charge in [0.1, 0.15) is 6.61 Å². The maximum absolute atomic E-state index is 11.7. The van der Waals surface area contributed by atoms with Crippen LogP contribution in [0.5, 0.6) is 0 Å². The third kappa shape index (κ3) is 3.57. The van der Waals surface area contributed by atoms with E-state index in [1.807, 2.05) is 30.5 Å². The van der Waals surface area contributed by atoms with E-state index in [1.54, 1.807) is 0 Å². The third-order valence-corrected chi connectivity index (χ3v) is 6.84. The molecule has 24 heavy (non-hydrogen) atoms. The van der Waals surface area contributed by atoms with Gasteiger partial charge < -0.3 is 9.64 Å². The van der Waals surface area contributed by atoms with E-state index in [-0.39, 0.29) is 17.5 Å². The highest BCUT2D eigenvalue weighted by molar-refractivity contribution is 7.91. The molecule has 9 heteroatoms. The van der Waals surface area contributed by atoms with Crippen molar-refractivity contribution in [2.45, 2.75) is 32.9 Å². The quantitative estimate of drug-likeness (QED) is 0.710. The van der Waals surface area contributed by atoms with Crippen molar-refractivity contribution >= 4 is 27.2 Å². The van der Waals surface area contributed by atoms with Gasteiger partial charge in [0.25, 0.3) is 5.17 Å². The monoisotopic (exact) mass is 372 g/mol. The molecule has 1 unspecified atom stereocenters. The van der Waals surface area contributed by atoms with Gasteiger partial charge in [-0.2, -0.15) is 5.10 Å². The molecule has 0 aromatic carbocycles. The van der Waals surface area contributed by atoms with Crippen LogP contribution in [0.1, 0.15) is 29.4 Å². The van der Waals surface area contributed by atoms with Crippen LogP contribution < -0.4 is 0 Å². The Morgan fingerprint density at radius 1 is 1.42 bits per heavy atom.